The molecule has 0 aliphatic carbocycles. The summed E-state index contributed by atoms with van der Waals surface area (Å²) in [5, 5.41) is 1.04. The summed E-state index contributed by atoms with van der Waals surface area (Å²) in [4.78, 5) is 37.3. The summed E-state index contributed by atoms with van der Waals surface area (Å²) in [5.41, 5.74) is -12.5. The van der Waals surface area contributed by atoms with Crippen molar-refractivity contribution in [2.24, 2.45) is 0 Å². The number of esters is 1. The molecule has 6 nitrogen and oxygen atoms in total. The third-order valence-corrected chi connectivity index (χ3v) is 4.95. The number of alkyl halides is 9. The van der Waals surface area contributed by atoms with Crippen molar-refractivity contribution in [3.05, 3.63) is 71.8 Å². The van der Waals surface area contributed by atoms with Crippen LogP contribution in [-0.4, -0.2) is 49.0 Å². The lowest BCUT2D eigenvalue weighted by Crippen LogP contribution is -2.77. The monoisotopic (exact) mass is 530 g/mol. The quantitative estimate of drug-likeness (QED) is 0.437. The molecule has 0 radical (unpaired) electrons. The fourth-order valence-corrected chi connectivity index (χ4v) is 3.15. The van der Waals surface area contributed by atoms with Crippen LogP contribution in [0.25, 0.3) is 0 Å². The van der Waals surface area contributed by atoms with Crippen LogP contribution >= 0.6 is 0 Å². The molecule has 0 heterocycles. The van der Waals surface area contributed by atoms with Crippen LogP contribution in [0, 0.1) is 0 Å². The third kappa shape index (κ3) is 4.81. The first-order valence-corrected chi connectivity index (χ1v) is 9.50. The molecule has 2 aromatic rings. The number of ether oxygens (including phenoxy) is 1. The second-order valence-electron chi connectivity index (χ2n) is 7.13. The minimum Gasteiger partial charge on any atom is -0.467 e. The Morgan fingerprint density at radius 3 is 1.50 bits per heavy atom. The SMILES string of the molecule is COC(=O)C(NC(=O)C(NC(=O)c1ccccc1)(C(F)(F)F)C(F)(F)F)(c1ccccc1)C(F)(F)F. The molecule has 1 atom stereocenters. The molecule has 0 saturated heterocycles. The summed E-state index contributed by atoms with van der Waals surface area (Å²) in [7, 11) is 0.371. The Kier molecular flexibility index (Phi) is 7.67. The zero-order valence-electron chi connectivity index (χ0n) is 17.8. The van der Waals surface area contributed by atoms with E-state index in [0.717, 1.165) is 42.5 Å². The number of benzene rings is 2. The summed E-state index contributed by atoms with van der Waals surface area (Å²) in [6.45, 7) is 0. The van der Waals surface area contributed by atoms with Crippen LogP contribution in [-0.2, 0) is 19.9 Å². The first-order valence-electron chi connectivity index (χ1n) is 9.50. The molecule has 0 aliphatic rings. The average Bonchev–Trinajstić information content (AvgIpc) is 2.78. The molecule has 0 aliphatic heterocycles. The van der Waals surface area contributed by atoms with Crippen LogP contribution in [0.15, 0.2) is 60.7 Å². The number of methoxy groups -OCH3 is 1. The molecular weight excluding hydrogens is 515 g/mol. The second kappa shape index (κ2) is 9.70. The minimum absolute atomic E-state index is 0.371. The van der Waals surface area contributed by atoms with Gasteiger partial charge in [0.05, 0.1) is 7.11 Å². The predicted octanol–water partition coefficient (Wildman–Crippen LogP) is 4.03. The van der Waals surface area contributed by atoms with E-state index in [1.54, 1.807) is 0 Å². The van der Waals surface area contributed by atoms with Gasteiger partial charge >= 0.3 is 30.0 Å². The standard InChI is InChI=1S/C21H15F9N2O4/c1-36-16(35)17(19(22,23)24,13-10-6-3-7-11-13)32-15(34)18(20(25,26)27,21(28,29)30)31-14(33)12-8-4-2-5-9-12/h2-11H,1H3,(H,31,33)(H,32,34). The van der Waals surface area contributed by atoms with Crippen molar-refractivity contribution >= 4 is 17.8 Å². The average molecular weight is 530 g/mol. The molecule has 2 N–H and O–H groups in total. The largest absolute Gasteiger partial charge is 0.467 e. The number of carbonyl (C=O) groups excluding carboxylic acids is 3. The molecule has 1 unspecified atom stereocenters. The minimum atomic E-state index is -6.73. The van der Waals surface area contributed by atoms with E-state index in [0.29, 0.717) is 29.9 Å². The van der Waals surface area contributed by atoms with Crippen molar-refractivity contribution in [2.45, 2.75) is 29.6 Å². The molecule has 0 spiro atoms. The summed E-state index contributed by atoms with van der Waals surface area (Å²) in [6.07, 6.45) is -19.5. The zero-order chi connectivity index (χ0) is 27.6. The topological polar surface area (TPSA) is 84.5 Å². The number of rotatable bonds is 6. The summed E-state index contributed by atoms with van der Waals surface area (Å²) in [5.74, 6) is -7.96. The Hall–Kier alpha value is -3.78. The Morgan fingerprint density at radius 2 is 1.11 bits per heavy atom. The van der Waals surface area contributed by atoms with Gasteiger partial charge in [-0.3, -0.25) is 9.59 Å². The maximum Gasteiger partial charge on any atom is 0.429 e. The van der Waals surface area contributed by atoms with Gasteiger partial charge < -0.3 is 15.4 Å². The van der Waals surface area contributed by atoms with Gasteiger partial charge in [-0.1, -0.05) is 48.5 Å². The number of carbonyl (C=O) groups is 3. The van der Waals surface area contributed by atoms with Gasteiger partial charge in [0.25, 0.3) is 17.4 Å². The van der Waals surface area contributed by atoms with Gasteiger partial charge in [-0.2, -0.15) is 39.5 Å². The van der Waals surface area contributed by atoms with Crippen LogP contribution in [0.4, 0.5) is 39.5 Å². The molecule has 36 heavy (non-hydrogen) atoms. The predicted molar refractivity (Wildman–Crippen MR) is 103 cm³/mol. The van der Waals surface area contributed by atoms with Crippen LogP contribution < -0.4 is 10.6 Å². The van der Waals surface area contributed by atoms with Crippen molar-refractivity contribution in [1.82, 2.24) is 10.6 Å². The molecule has 0 saturated carbocycles. The van der Waals surface area contributed by atoms with E-state index < -0.39 is 58.5 Å². The Balaban J connectivity index is 2.80. The van der Waals surface area contributed by atoms with Gasteiger partial charge in [0.1, 0.15) is 0 Å². The maximum absolute atomic E-state index is 14.2. The van der Waals surface area contributed by atoms with Crippen molar-refractivity contribution in [3.63, 3.8) is 0 Å². The van der Waals surface area contributed by atoms with Gasteiger partial charge in [0.2, 0.25) is 0 Å². The number of amides is 2. The lowest BCUT2D eigenvalue weighted by Gasteiger charge is -2.40. The van der Waals surface area contributed by atoms with Gasteiger partial charge in [-0.05, 0) is 17.7 Å². The Labute approximate surface area is 196 Å². The highest BCUT2D eigenvalue weighted by atomic mass is 19.4. The molecular formula is C21H15F9N2O4. The number of halogens is 9. The lowest BCUT2D eigenvalue weighted by atomic mass is 9.86. The molecule has 2 rings (SSSR count). The summed E-state index contributed by atoms with van der Waals surface area (Å²) >= 11 is 0. The molecule has 0 fully saturated rings. The van der Waals surface area contributed by atoms with Gasteiger partial charge in [0.15, 0.2) is 0 Å². The lowest BCUT2D eigenvalue weighted by molar-refractivity contribution is -0.295. The summed E-state index contributed by atoms with van der Waals surface area (Å²) in [6, 6.07) is 8.92. The zero-order valence-corrected chi connectivity index (χ0v) is 17.8. The second-order valence-corrected chi connectivity index (χ2v) is 7.13. The first-order chi connectivity index (χ1) is 16.5. The first kappa shape index (κ1) is 28.5. The number of hydrogen-bond acceptors (Lipinski definition) is 4. The van der Waals surface area contributed by atoms with Crippen molar-refractivity contribution in [2.75, 3.05) is 7.11 Å². The van der Waals surface area contributed by atoms with E-state index in [4.69, 9.17) is 0 Å². The van der Waals surface area contributed by atoms with Crippen LogP contribution in [0.1, 0.15) is 15.9 Å². The van der Waals surface area contributed by atoms with Crippen LogP contribution in [0.2, 0.25) is 0 Å². The van der Waals surface area contributed by atoms with Gasteiger partial charge in [0, 0.05) is 5.56 Å². The number of nitrogens with one attached hydrogen (secondary N) is 2. The van der Waals surface area contributed by atoms with Crippen LogP contribution in [0.5, 0.6) is 0 Å². The smallest absolute Gasteiger partial charge is 0.429 e. The Morgan fingerprint density at radius 1 is 0.667 bits per heavy atom. The van der Waals surface area contributed by atoms with Gasteiger partial charge in [-0.15, -0.1) is 0 Å². The van der Waals surface area contributed by atoms with E-state index in [9.17, 15) is 53.9 Å². The molecule has 15 heteroatoms. The highest BCUT2D eigenvalue weighted by Crippen LogP contribution is 2.46. The van der Waals surface area contributed by atoms with Crippen LogP contribution in [0.3, 0.4) is 0 Å². The van der Waals surface area contributed by atoms with E-state index >= 15 is 0 Å². The highest BCUT2D eigenvalue weighted by Gasteiger charge is 2.78. The molecule has 2 amide bonds. The fraction of sp³-hybridized carbons (Fsp3) is 0.286. The third-order valence-electron chi connectivity index (χ3n) is 4.95. The fourth-order valence-electron chi connectivity index (χ4n) is 3.15. The molecule has 196 valence electrons. The van der Waals surface area contributed by atoms with E-state index in [1.165, 1.54) is 6.07 Å². The van der Waals surface area contributed by atoms with Gasteiger partial charge in [-0.25, -0.2) is 4.79 Å². The molecule has 2 aromatic carbocycles. The Bertz CT molecular complexity index is 1090. The molecule has 0 aromatic heterocycles. The van der Waals surface area contributed by atoms with Crippen molar-refractivity contribution < 1.29 is 58.6 Å². The highest BCUT2D eigenvalue weighted by molar-refractivity contribution is 6.02. The van der Waals surface area contributed by atoms with Crippen molar-refractivity contribution in [3.8, 4) is 0 Å². The number of hydrogen-bond donors (Lipinski definition) is 2. The van der Waals surface area contributed by atoms with E-state index in [-0.39, 0.29) is 0 Å². The molecule has 0 bridgehead atoms. The summed E-state index contributed by atoms with van der Waals surface area (Å²) < 4.78 is 130. The normalized spacial score (nSPS) is 14.4. The van der Waals surface area contributed by atoms with E-state index in [2.05, 4.69) is 4.74 Å². The van der Waals surface area contributed by atoms with E-state index in [1.807, 2.05) is 0 Å². The maximum atomic E-state index is 14.2. The van der Waals surface area contributed by atoms with Crippen molar-refractivity contribution in [1.29, 1.82) is 0 Å².